The normalized spacial score (nSPS) is 30.0. The number of methoxy groups -OCH3 is 1. The molecule has 148 valence electrons. The molecule has 2 nitrogen and oxygen atoms in total. The molecule has 0 heterocycles. The predicted molar refractivity (Wildman–Crippen MR) is 117 cm³/mol. The zero-order valence-corrected chi connectivity index (χ0v) is 17.0. The third-order valence-electron chi connectivity index (χ3n) is 7.97. The van der Waals surface area contributed by atoms with Gasteiger partial charge >= 0.3 is 0 Å². The molecular formula is C27H28O2. The summed E-state index contributed by atoms with van der Waals surface area (Å²) in [5.41, 5.74) is 4.27. The lowest BCUT2D eigenvalue weighted by atomic mass is 9.48. The molecule has 4 saturated carbocycles. The van der Waals surface area contributed by atoms with Crippen LogP contribution >= 0.6 is 0 Å². The number of phenolic OH excluding ortho intramolecular Hbond substituents is 1. The van der Waals surface area contributed by atoms with Crippen LogP contribution in [0.5, 0.6) is 11.5 Å². The fourth-order valence-electron chi connectivity index (χ4n) is 7.16. The maximum absolute atomic E-state index is 9.75. The van der Waals surface area contributed by atoms with Crippen LogP contribution in [0.25, 0.3) is 21.9 Å². The highest BCUT2D eigenvalue weighted by Gasteiger charge is 2.52. The van der Waals surface area contributed by atoms with Crippen LogP contribution in [0, 0.1) is 17.8 Å². The molecule has 4 aliphatic carbocycles. The van der Waals surface area contributed by atoms with Gasteiger partial charge in [0, 0.05) is 5.56 Å². The minimum Gasteiger partial charge on any atom is -0.508 e. The maximum Gasteiger partial charge on any atom is 0.122 e. The van der Waals surface area contributed by atoms with E-state index >= 15 is 0 Å². The first kappa shape index (κ1) is 17.4. The van der Waals surface area contributed by atoms with E-state index in [4.69, 9.17) is 4.74 Å². The van der Waals surface area contributed by atoms with Gasteiger partial charge in [-0.1, -0.05) is 24.3 Å². The highest BCUT2D eigenvalue weighted by molar-refractivity contribution is 5.88. The quantitative estimate of drug-likeness (QED) is 0.545. The molecule has 1 N–H and O–H groups in total. The molecule has 7 rings (SSSR count). The van der Waals surface area contributed by atoms with Crippen LogP contribution in [0.3, 0.4) is 0 Å². The average Bonchev–Trinajstić information content (AvgIpc) is 2.72. The highest BCUT2D eigenvalue weighted by Crippen LogP contribution is 2.62. The molecule has 0 spiro atoms. The molecule has 3 aromatic carbocycles. The van der Waals surface area contributed by atoms with Gasteiger partial charge in [-0.15, -0.1) is 0 Å². The molecular weight excluding hydrogens is 356 g/mol. The molecule has 4 fully saturated rings. The van der Waals surface area contributed by atoms with E-state index in [-0.39, 0.29) is 0 Å². The monoisotopic (exact) mass is 384 g/mol. The van der Waals surface area contributed by atoms with Crippen molar-refractivity contribution in [2.75, 3.05) is 7.11 Å². The fourth-order valence-corrected chi connectivity index (χ4v) is 7.16. The number of rotatable bonds is 3. The van der Waals surface area contributed by atoms with Crippen molar-refractivity contribution in [2.45, 2.75) is 43.9 Å². The van der Waals surface area contributed by atoms with Crippen LogP contribution in [0.2, 0.25) is 0 Å². The minimum absolute atomic E-state index is 0.318. The summed E-state index contributed by atoms with van der Waals surface area (Å²) in [5, 5.41) is 12.0. The number of aromatic hydroxyl groups is 1. The smallest absolute Gasteiger partial charge is 0.122 e. The van der Waals surface area contributed by atoms with Crippen molar-refractivity contribution < 1.29 is 9.84 Å². The lowest BCUT2D eigenvalue weighted by Gasteiger charge is -2.57. The Hall–Kier alpha value is -2.48. The zero-order chi connectivity index (χ0) is 19.6. The van der Waals surface area contributed by atoms with Crippen molar-refractivity contribution in [3.8, 4) is 22.6 Å². The summed E-state index contributed by atoms with van der Waals surface area (Å²) in [4.78, 5) is 0. The number of fused-ring (bicyclic) bond motifs is 1. The van der Waals surface area contributed by atoms with E-state index in [2.05, 4.69) is 36.4 Å². The summed E-state index contributed by atoms with van der Waals surface area (Å²) in [5.74, 6) is 4.15. The van der Waals surface area contributed by atoms with Crippen LogP contribution in [-0.2, 0) is 5.41 Å². The van der Waals surface area contributed by atoms with Crippen molar-refractivity contribution >= 4 is 10.8 Å². The molecule has 4 bridgehead atoms. The van der Waals surface area contributed by atoms with Crippen molar-refractivity contribution in [3.05, 3.63) is 60.2 Å². The average molecular weight is 385 g/mol. The Bertz CT molecular complexity index is 1060. The second kappa shape index (κ2) is 6.26. The molecule has 0 radical (unpaired) electrons. The number of ether oxygens (including phenoxy) is 1. The highest BCUT2D eigenvalue weighted by atomic mass is 16.5. The topological polar surface area (TPSA) is 29.5 Å². The number of phenols is 1. The van der Waals surface area contributed by atoms with E-state index in [1.807, 2.05) is 19.2 Å². The van der Waals surface area contributed by atoms with Crippen LogP contribution in [0.1, 0.15) is 44.1 Å². The Balaban J connectivity index is 1.46. The van der Waals surface area contributed by atoms with Gasteiger partial charge in [0.2, 0.25) is 0 Å². The van der Waals surface area contributed by atoms with Crippen molar-refractivity contribution in [1.29, 1.82) is 0 Å². The SMILES string of the molecule is COc1ccc(-c2ccc3cc(O)ccc3c2)cc1C12CC3CC(CC(C3)C1)C2. The lowest BCUT2D eigenvalue weighted by molar-refractivity contribution is -0.00613. The van der Waals surface area contributed by atoms with E-state index in [9.17, 15) is 5.11 Å². The van der Waals surface area contributed by atoms with Crippen LogP contribution in [0.15, 0.2) is 54.6 Å². The molecule has 2 heteroatoms. The van der Waals surface area contributed by atoms with E-state index in [0.29, 0.717) is 11.2 Å². The van der Waals surface area contributed by atoms with E-state index < -0.39 is 0 Å². The molecule has 0 atom stereocenters. The van der Waals surface area contributed by atoms with E-state index in [1.54, 1.807) is 6.07 Å². The standard InChI is InChI=1S/C27H28O2/c1-29-26-7-5-23(20-2-3-22-12-24(28)6-4-21(22)11-20)13-25(26)27-14-17-8-18(15-27)10-19(9-17)16-27/h2-7,11-13,17-19,28H,8-10,14-16H2,1H3. The second-order valence-electron chi connectivity index (χ2n) is 9.86. The van der Waals surface area contributed by atoms with Crippen molar-refractivity contribution in [1.82, 2.24) is 0 Å². The molecule has 0 saturated heterocycles. The Labute approximate surface area is 172 Å². The molecule has 0 amide bonds. The van der Waals surface area contributed by atoms with Crippen LogP contribution < -0.4 is 4.74 Å². The minimum atomic E-state index is 0.318. The molecule has 0 unspecified atom stereocenters. The molecule has 0 aromatic heterocycles. The Morgan fingerprint density at radius 2 is 1.34 bits per heavy atom. The first-order chi connectivity index (χ1) is 14.1. The van der Waals surface area contributed by atoms with Gasteiger partial charge in [0.05, 0.1) is 7.11 Å². The fraction of sp³-hybridized carbons (Fsp3) is 0.407. The van der Waals surface area contributed by atoms with Gasteiger partial charge in [-0.25, -0.2) is 0 Å². The summed E-state index contributed by atoms with van der Waals surface area (Å²) in [6, 6.07) is 18.9. The first-order valence-corrected chi connectivity index (χ1v) is 11.0. The summed E-state index contributed by atoms with van der Waals surface area (Å²) in [6.07, 6.45) is 8.40. The number of hydrogen-bond donors (Lipinski definition) is 1. The van der Waals surface area contributed by atoms with Gasteiger partial charge in [0.25, 0.3) is 0 Å². The Morgan fingerprint density at radius 3 is 2.03 bits per heavy atom. The lowest BCUT2D eigenvalue weighted by Crippen LogP contribution is -2.48. The Kier molecular flexibility index (Phi) is 3.75. The van der Waals surface area contributed by atoms with Crippen LogP contribution in [-0.4, -0.2) is 12.2 Å². The van der Waals surface area contributed by atoms with Gasteiger partial charge in [0.15, 0.2) is 0 Å². The van der Waals surface area contributed by atoms with Crippen molar-refractivity contribution in [3.63, 3.8) is 0 Å². The summed E-state index contributed by atoms with van der Waals surface area (Å²) in [7, 11) is 1.82. The third-order valence-corrected chi connectivity index (χ3v) is 7.97. The molecule has 29 heavy (non-hydrogen) atoms. The second-order valence-corrected chi connectivity index (χ2v) is 9.86. The summed E-state index contributed by atoms with van der Waals surface area (Å²) >= 11 is 0. The molecule has 3 aromatic rings. The number of hydrogen-bond acceptors (Lipinski definition) is 2. The first-order valence-electron chi connectivity index (χ1n) is 11.0. The Morgan fingerprint density at radius 1 is 0.759 bits per heavy atom. The van der Waals surface area contributed by atoms with Gasteiger partial charge in [-0.05, 0) is 114 Å². The summed E-state index contributed by atoms with van der Waals surface area (Å²) < 4.78 is 5.88. The van der Waals surface area contributed by atoms with E-state index in [1.165, 1.54) is 55.2 Å². The molecule has 0 aliphatic heterocycles. The zero-order valence-electron chi connectivity index (χ0n) is 17.0. The summed E-state index contributed by atoms with van der Waals surface area (Å²) in [6.45, 7) is 0. The molecule has 4 aliphatic rings. The van der Waals surface area contributed by atoms with Crippen LogP contribution in [0.4, 0.5) is 0 Å². The third kappa shape index (κ3) is 2.76. The van der Waals surface area contributed by atoms with Crippen molar-refractivity contribution in [2.24, 2.45) is 17.8 Å². The van der Waals surface area contributed by atoms with Gasteiger partial charge < -0.3 is 9.84 Å². The maximum atomic E-state index is 9.75. The van der Waals surface area contributed by atoms with E-state index in [0.717, 1.165) is 34.3 Å². The van der Waals surface area contributed by atoms with Gasteiger partial charge in [0.1, 0.15) is 11.5 Å². The van der Waals surface area contributed by atoms with Gasteiger partial charge in [-0.3, -0.25) is 0 Å². The van der Waals surface area contributed by atoms with Gasteiger partial charge in [-0.2, -0.15) is 0 Å². The number of benzene rings is 3. The predicted octanol–water partition coefficient (Wildman–Crippen LogP) is 6.69. The largest absolute Gasteiger partial charge is 0.508 e.